The van der Waals surface area contributed by atoms with Gasteiger partial charge in [0.2, 0.25) is 0 Å². The number of benzene rings is 1. The minimum absolute atomic E-state index is 0. The first kappa shape index (κ1) is 18.5. The second-order valence-corrected chi connectivity index (χ2v) is 6.42. The molecule has 0 bridgehead atoms. The Hall–Kier alpha value is -2.32. The number of ether oxygens (including phenoxy) is 2. The molecular formula is C17H22ClN5O3. The number of amides is 1. The molecule has 4 rings (SSSR count). The van der Waals surface area contributed by atoms with Crippen molar-refractivity contribution in [2.24, 2.45) is 11.7 Å². The van der Waals surface area contributed by atoms with Crippen LogP contribution in [-0.4, -0.2) is 46.7 Å². The zero-order valence-electron chi connectivity index (χ0n) is 14.5. The monoisotopic (exact) mass is 379 g/mol. The van der Waals surface area contributed by atoms with Crippen LogP contribution in [0, 0.1) is 12.8 Å². The molecule has 0 spiro atoms. The average molecular weight is 380 g/mol. The number of aromatic nitrogens is 3. The van der Waals surface area contributed by atoms with Crippen LogP contribution in [-0.2, 0) is 0 Å². The minimum atomic E-state index is -0.233. The van der Waals surface area contributed by atoms with Gasteiger partial charge in [-0.25, -0.2) is 4.68 Å². The van der Waals surface area contributed by atoms with Crippen LogP contribution in [0.2, 0.25) is 0 Å². The van der Waals surface area contributed by atoms with Crippen LogP contribution in [0.3, 0.4) is 0 Å². The number of hydrogen-bond donors (Lipinski definition) is 2. The van der Waals surface area contributed by atoms with Crippen LogP contribution in [0.4, 0.5) is 0 Å². The van der Waals surface area contributed by atoms with Crippen molar-refractivity contribution in [2.45, 2.75) is 25.8 Å². The van der Waals surface area contributed by atoms with Gasteiger partial charge in [-0.2, -0.15) is 0 Å². The summed E-state index contributed by atoms with van der Waals surface area (Å²) in [5, 5.41) is 11.2. The average Bonchev–Trinajstić information content (AvgIpc) is 3.41. The summed E-state index contributed by atoms with van der Waals surface area (Å²) in [7, 11) is 0. The third kappa shape index (κ3) is 3.47. The van der Waals surface area contributed by atoms with Crippen molar-refractivity contribution in [3.05, 3.63) is 29.6 Å². The third-order valence-corrected chi connectivity index (χ3v) is 4.64. The molecule has 2 heterocycles. The zero-order valence-corrected chi connectivity index (χ0v) is 15.3. The van der Waals surface area contributed by atoms with Crippen LogP contribution < -0.4 is 20.5 Å². The molecule has 1 amide bonds. The van der Waals surface area contributed by atoms with E-state index in [9.17, 15) is 4.79 Å². The van der Waals surface area contributed by atoms with E-state index in [-0.39, 0.29) is 24.4 Å². The summed E-state index contributed by atoms with van der Waals surface area (Å²) in [6, 6.07) is 5.54. The predicted octanol–water partition coefficient (Wildman–Crippen LogP) is 1.24. The first-order valence-electron chi connectivity index (χ1n) is 8.50. The first-order valence-corrected chi connectivity index (χ1v) is 8.50. The van der Waals surface area contributed by atoms with Crippen molar-refractivity contribution in [3.8, 4) is 17.2 Å². The number of nitrogens with one attached hydrogen (secondary N) is 1. The summed E-state index contributed by atoms with van der Waals surface area (Å²) in [6.45, 7) is 3.32. The molecule has 2 aromatic rings. The summed E-state index contributed by atoms with van der Waals surface area (Å²) in [6.07, 6.45) is 2.23. The summed E-state index contributed by atoms with van der Waals surface area (Å²) in [4.78, 5) is 12.5. The van der Waals surface area contributed by atoms with Gasteiger partial charge < -0.3 is 20.5 Å². The molecule has 1 atom stereocenters. The van der Waals surface area contributed by atoms with Gasteiger partial charge in [0.1, 0.15) is 13.2 Å². The molecule has 1 aliphatic carbocycles. The maximum absolute atomic E-state index is 12.5. The Morgan fingerprint density at radius 3 is 2.77 bits per heavy atom. The molecule has 0 radical (unpaired) electrons. The molecule has 1 unspecified atom stereocenters. The number of halogens is 1. The lowest BCUT2D eigenvalue weighted by atomic mass is 10.2. The maximum atomic E-state index is 12.5. The fourth-order valence-corrected chi connectivity index (χ4v) is 3.05. The van der Waals surface area contributed by atoms with Gasteiger partial charge in [0.15, 0.2) is 17.2 Å². The van der Waals surface area contributed by atoms with Crippen molar-refractivity contribution < 1.29 is 14.3 Å². The minimum Gasteiger partial charge on any atom is -0.486 e. The molecule has 9 heteroatoms. The topological polar surface area (TPSA) is 104 Å². The van der Waals surface area contributed by atoms with Crippen LogP contribution in [0.15, 0.2) is 18.2 Å². The molecule has 1 saturated carbocycles. The summed E-state index contributed by atoms with van der Waals surface area (Å²) < 4.78 is 12.8. The van der Waals surface area contributed by atoms with Crippen LogP contribution >= 0.6 is 12.4 Å². The molecule has 1 aliphatic heterocycles. The van der Waals surface area contributed by atoms with Gasteiger partial charge in [0, 0.05) is 18.7 Å². The van der Waals surface area contributed by atoms with Crippen LogP contribution in [0.5, 0.6) is 11.5 Å². The van der Waals surface area contributed by atoms with E-state index in [1.165, 1.54) is 0 Å². The van der Waals surface area contributed by atoms with Gasteiger partial charge in [0.25, 0.3) is 5.91 Å². The Bertz CT molecular complexity index is 806. The van der Waals surface area contributed by atoms with Gasteiger partial charge in [0.05, 0.1) is 11.4 Å². The standard InChI is InChI=1S/C17H21N5O3.ClH/c1-10-16(17(23)19-13(9-18)11-2-3-11)20-21-22(10)12-4-5-14-15(8-12)25-7-6-24-14;/h4-5,8,11,13H,2-3,6-7,9,18H2,1H3,(H,19,23);1H. The van der Waals surface area contributed by atoms with E-state index in [0.29, 0.717) is 48.6 Å². The van der Waals surface area contributed by atoms with E-state index in [0.717, 1.165) is 18.5 Å². The zero-order chi connectivity index (χ0) is 17.4. The molecule has 3 N–H and O–H groups in total. The van der Waals surface area contributed by atoms with Gasteiger partial charge in [-0.3, -0.25) is 4.79 Å². The normalized spacial score (nSPS) is 16.5. The summed E-state index contributed by atoms with van der Waals surface area (Å²) >= 11 is 0. The number of fused-ring (bicyclic) bond motifs is 1. The van der Waals surface area contributed by atoms with Gasteiger partial charge in [-0.15, -0.1) is 17.5 Å². The van der Waals surface area contributed by atoms with Crippen molar-refractivity contribution >= 4 is 18.3 Å². The fourth-order valence-electron chi connectivity index (χ4n) is 3.05. The Balaban J connectivity index is 0.00000196. The van der Waals surface area contributed by atoms with E-state index in [2.05, 4.69) is 15.6 Å². The molecule has 26 heavy (non-hydrogen) atoms. The van der Waals surface area contributed by atoms with E-state index in [1.807, 2.05) is 25.1 Å². The van der Waals surface area contributed by atoms with Gasteiger partial charge in [-0.1, -0.05) is 5.21 Å². The van der Waals surface area contributed by atoms with Crippen molar-refractivity contribution in [1.29, 1.82) is 0 Å². The molecule has 8 nitrogen and oxygen atoms in total. The highest BCUT2D eigenvalue weighted by Gasteiger charge is 2.32. The second kappa shape index (κ2) is 7.51. The maximum Gasteiger partial charge on any atom is 0.274 e. The van der Waals surface area contributed by atoms with Crippen LogP contribution in [0.1, 0.15) is 29.0 Å². The van der Waals surface area contributed by atoms with Gasteiger partial charge >= 0.3 is 0 Å². The highest BCUT2D eigenvalue weighted by atomic mass is 35.5. The second-order valence-electron chi connectivity index (χ2n) is 6.42. The number of nitrogens with two attached hydrogens (primary N) is 1. The molecule has 2 aliphatic rings. The lowest BCUT2D eigenvalue weighted by molar-refractivity contribution is 0.0927. The Kier molecular flexibility index (Phi) is 5.33. The van der Waals surface area contributed by atoms with Crippen molar-refractivity contribution in [3.63, 3.8) is 0 Å². The highest BCUT2D eigenvalue weighted by Crippen LogP contribution is 2.33. The molecule has 1 aromatic carbocycles. The van der Waals surface area contributed by atoms with E-state index in [1.54, 1.807) is 4.68 Å². The lowest BCUT2D eigenvalue weighted by Crippen LogP contribution is -2.42. The third-order valence-electron chi connectivity index (χ3n) is 4.64. The Labute approximate surface area is 157 Å². The highest BCUT2D eigenvalue weighted by molar-refractivity contribution is 5.93. The summed E-state index contributed by atoms with van der Waals surface area (Å²) in [5.74, 6) is 1.63. The van der Waals surface area contributed by atoms with Gasteiger partial charge in [-0.05, 0) is 37.8 Å². The summed E-state index contributed by atoms with van der Waals surface area (Å²) in [5.41, 5.74) is 7.51. The first-order chi connectivity index (χ1) is 12.2. The fraction of sp³-hybridized carbons (Fsp3) is 0.471. The number of hydrogen-bond acceptors (Lipinski definition) is 6. The molecule has 0 saturated heterocycles. The number of rotatable bonds is 5. The molecule has 1 fully saturated rings. The SMILES string of the molecule is Cc1c(C(=O)NC(CN)C2CC2)nnn1-c1ccc2c(c1)OCCO2.Cl. The Morgan fingerprint density at radius 1 is 1.35 bits per heavy atom. The lowest BCUT2D eigenvalue weighted by Gasteiger charge is -2.19. The van der Waals surface area contributed by atoms with Crippen molar-refractivity contribution in [2.75, 3.05) is 19.8 Å². The van der Waals surface area contributed by atoms with E-state index < -0.39 is 0 Å². The molecule has 1 aromatic heterocycles. The largest absolute Gasteiger partial charge is 0.486 e. The van der Waals surface area contributed by atoms with Crippen molar-refractivity contribution in [1.82, 2.24) is 20.3 Å². The van der Waals surface area contributed by atoms with Crippen LogP contribution in [0.25, 0.3) is 5.69 Å². The number of carbonyl (C=O) groups is 1. The number of carbonyl (C=O) groups excluding carboxylic acids is 1. The smallest absolute Gasteiger partial charge is 0.274 e. The molecule has 140 valence electrons. The van der Waals surface area contributed by atoms with E-state index >= 15 is 0 Å². The predicted molar refractivity (Wildman–Crippen MR) is 97.4 cm³/mol. The van der Waals surface area contributed by atoms with E-state index in [4.69, 9.17) is 15.2 Å². The molecular weight excluding hydrogens is 358 g/mol. The Morgan fingerprint density at radius 2 is 2.08 bits per heavy atom. The number of nitrogens with zero attached hydrogens (tertiary/aromatic N) is 3. The quantitative estimate of drug-likeness (QED) is 0.809.